The number of benzene rings is 2. The highest BCUT2D eigenvalue weighted by atomic mass is 16.7. The van der Waals surface area contributed by atoms with Crippen LogP contribution >= 0.6 is 0 Å². The van der Waals surface area contributed by atoms with Gasteiger partial charge in [-0.15, -0.1) is 0 Å². The lowest BCUT2D eigenvalue weighted by atomic mass is 10.2. The molecule has 2 heterocycles. The van der Waals surface area contributed by atoms with Crippen LogP contribution in [-0.2, 0) is 4.79 Å². The van der Waals surface area contributed by atoms with Crippen LogP contribution in [0, 0.1) is 0 Å². The SMILES string of the molecule is C[C@@H](C(=O)Nc1ccc2c(c1)OCO2)[NH+]1CCN(c2ccccc2)CC1. The maximum absolute atomic E-state index is 12.6. The number of hydrogen-bond acceptors (Lipinski definition) is 4. The quantitative estimate of drug-likeness (QED) is 0.865. The summed E-state index contributed by atoms with van der Waals surface area (Å²) in [5.41, 5.74) is 2.00. The van der Waals surface area contributed by atoms with Gasteiger partial charge in [0.1, 0.15) is 0 Å². The second-order valence-electron chi connectivity index (χ2n) is 6.76. The molecule has 2 N–H and O–H groups in total. The Hall–Kier alpha value is -2.73. The number of anilines is 2. The maximum atomic E-state index is 12.6. The molecule has 2 aliphatic rings. The van der Waals surface area contributed by atoms with Crippen molar-refractivity contribution in [2.75, 3.05) is 43.2 Å². The third kappa shape index (κ3) is 3.46. The minimum Gasteiger partial charge on any atom is -0.454 e. The second-order valence-corrected chi connectivity index (χ2v) is 6.76. The monoisotopic (exact) mass is 354 g/mol. The van der Waals surface area contributed by atoms with Crippen molar-refractivity contribution in [2.24, 2.45) is 0 Å². The minimum atomic E-state index is -0.0988. The summed E-state index contributed by atoms with van der Waals surface area (Å²) in [5.74, 6) is 1.44. The van der Waals surface area contributed by atoms with Crippen LogP contribution in [0.2, 0.25) is 0 Å². The van der Waals surface area contributed by atoms with E-state index in [1.165, 1.54) is 10.6 Å². The van der Waals surface area contributed by atoms with E-state index in [4.69, 9.17) is 9.47 Å². The molecule has 0 aromatic heterocycles. The van der Waals surface area contributed by atoms with Crippen LogP contribution in [0.4, 0.5) is 11.4 Å². The summed E-state index contributed by atoms with van der Waals surface area (Å²) in [7, 11) is 0. The molecule has 2 aromatic carbocycles. The highest BCUT2D eigenvalue weighted by Crippen LogP contribution is 2.34. The lowest BCUT2D eigenvalue weighted by Gasteiger charge is -2.36. The van der Waals surface area contributed by atoms with Gasteiger partial charge in [-0.05, 0) is 31.2 Å². The van der Waals surface area contributed by atoms with Gasteiger partial charge in [0.05, 0.1) is 26.2 Å². The first-order valence-corrected chi connectivity index (χ1v) is 9.06. The van der Waals surface area contributed by atoms with Crippen LogP contribution in [0.3, 0.4) is 0 Å². The van der Waals surface area contributed by atoms with E-state index in [1.54, 1.807) is 0 Å². The number of para-hydroxylation sites is 1. The number of piperazine rings is 1. The van der Waals surface area contributed by atoms with Crippen molar-refractivity contribution in [3.63, 3.8) is 0 Å². The van der Waals surface area contributed by atoms with Gasteiger partial charge in [0.2, 0.25) is 6.79 Å². The van der Waals surface area contributed by atoms with Gasteiger partial charge >= 0.3 is 0 Å². The largest absolute Gasteiger partial charge is 0.454 e. The predicted octanol–water partition coefficient (Wildman–Crippen LogP) is 1.15. The summed E-state index contributed by atoms with van der Waals surface area (Å²) in [6.07, 6.45) is 0. The molecule has 1 atom stereocenters. The zero-order valence-corrected chi connectivity index (χ0v) is 14.9. The first kappa shape index (κ1) is 16.7. The summed E-state index contributed by atoms with van der Waals surface area (Å²) < 4.78 is 10.7. The van der Waals surface area contributed by atoms with Crippen LogP contribution in [0.25, 0.3) is 0 Å². The molecule has 2 aromatic rings. The van der Waals surface area contributed by atoms with Gasteiger partial charge in [0.15, 0.2) is 17.5 Å². The van der Waals surface area contributed by atoms with Crippen LogP contribution in [0.15, 0.2) is 48.5 Å². The molecular weight excluding hydrogens is 330 g/mol. The number of rotatable bonds is 4. The van der Waals surface area contributed by atoms with Gasteiger partial charge in [0, 0.05) is 17.4 Å². The van der Waals surface area contributed by atoms with E-state index in [0.29, 0.717) is 5.75 Å². The Bertz CT molecular complexity index is 773. The number of carbonyl (C=O) groups is 1. The fourth-order valence-corrected chi connectivity index (χ4v) is 3.53. The van der Waals surface area contributed by atoms with Gasteiger partial charge < -0.3 is 24.6 Å². The van der Waals surface area contributed by atoms with E-state index < -0.39 is 0 Å². The second kappa shape index (κ2) is 7.25. The summed E-state index contributed by atoms with van der Waals surface area (Å²) in [6.45, 7) is 6.05. The molecule has 0 spiro atoms. The lowest BCUT2D eigenvalue weighted by Crippen LogP contribution is -3.19. The van der Waals surface area contributed by atoms with Gasteiger partial charge in [-0.25, -0.2) is 0 Å². The number of quaternary nitrogens is 1. The Kier molecular flexibility index (Phi) is 4.67. The number of ether oxygens (including phenoxy) is 2. The summed E-state index contributed by atoms with van der Waals surface area (Å²) in [4.78, 5) is 16.3. The molecular formula is C20H24N3O3+. The lowest BCUT2D eigenvalue weighted by molar-refractivity contribution is -0.914. The predicted molar refractivity (Wildman–Crippen MR) is 100 cm³/mol. The first-order chi connectivity index (χ1) is 12.7. The average molecular weight is 354 g/mol. The van der Waals surface area contributed by atoms with Gasteiger partial charge in [-0.2, -0.15) is 0 Å². The van der Waals surface area contributed by atoms with Crippen LogP contribution in [-0.4, -0.2) is 44.9 Å². The number of nitrogens with zero attached hydrogens (tertiary/aromatic N) is 1. The molecule has 1 fully saturated rings. The number of carbonyl (C=O) groups excluding carboxylic acids is 1. The van der Waals surface area contributed by atoms with E-state index in [9.17, 15) is 4.79 Å². The molecule has 0 radical (unpaired) electrons. The summed E-state index contributed by atoms with van der Waals surface area (Å²) >= 11 is 0. The fourth-order valence-electron chi connectivity index (χ4n) is 3.53. The average Bonchev–Trinajstić information content (AvgIpc) is 3.16. The highest BCUT2D eigenvalue weighted by Gasteiger charge is 2.29. The molecule has 1 saturated heterocycles. The normalized spacial score (nSPS) is 17.8. The molecule has 1 amide bonds. The van der Waals surface area contributed by atoms with Crippen molar-refractivity contribution in [2.45, 2.75) is 13.0 Å². The van der Waals surface area contributed by atoms with E-state index in [1.807, 2.05) is 31.2 Å². The zero-order valence-electron chi connectivity index (χ0n) is 14.9. The molecule has 0 aliphatic carbocycles. The van der Waals surface area contributed by atoms with Crippen molar-refractivity contribution < 1.29 is 19.2 Å². The Morgan fingerprint density at radius 2 is 1.81 bits per heavy atom. The van der Waals surface area contributed by atoms with E-state index >= 15 is 0 Å². The van der Waals surface area contributed by atoms with Crippen LogP contribution < -0.4 is 24.6 Å². The summed E-state index contributed by atoms with van der Waals surface area (Å²) in [5, 5.41) is 3.00. The maximum Gasteiger partial charge on any atom is 0.282 e. The Labute approximate surface area is 153 Å². The molecule has 26 heavy (non-hydrogen) atoms. The molecule has 2 aliphatic heterocycles. The van der Waals surface area contributed by atoms with Crippen molar-refractivity contribution in [1.82, 2.24) is 0 Å². The van der Waals surface area contributed by atoms with E-state index in [2.05, 4.69) is 34.5 Å². The third-order valence-corrected chi connectivity index (χ3v) is 5.17. The van der Waals surface area contributed by atoms with Crippen LogP contribution in [0.1, 0.15) is 6.92 Å². The molecule has 0 saturated carbocycles. The smallest absolute Gasteiger partial charge is 0.282 e. The number of amides is 1. The number of fused-ring (bicyclic) bond motifs is 1. The topological polar surface area (TPSA) is 55.2 Å². The van der Waals surface area contributed by atoms with Crippen molar-refractivity contribution in [3.8, 4) is 11.5 Å². The third-order valence-electron chi connectivity index (χ3n) is 5.17. The molecule has 6 nitrogen and oxygen atoms in total. The Morgan fingerprint density at radius 1 is 1.08 bits per heavy atom. The standard InChI is InChI=1S/C20H23N3O3/c1-15(20(24)21-16-7-8-18-19(13-16)26-14-25-18)22-9-11-23(12-10-22)17-5-3-2-4-6-17/h2-8,13,15H,9-12,14H2,1H3,(H,21,24)/p+1/t15-/m0/s1. The first-order valence-electron chi connectivity index (χ1n) is 9.06. The van der Waals surface area contributed by atoms with Crippen molar-refractivity contribution >= 4 is 17.3 Å². The van der Waals surface area contributed by atoms with Gasteiger partial charge in [0.25, 0.3) is 5.91 Å². The summed E-state index contributed by atoms with van der Waals surface area (Å²) in [6, 6.07) is 15.8. The Balaban J connectivity index is 1.33. The molecule has 136 valence electrons. The van der Waals surface area contributed by atoms with E-state index in [0.717, 1.165) is 37.6 Å². The van der Waals surface area contributed by atoms with Gasteiger partial charge in [-0.3, -0.25) is 4.79 Å². The van der Waals surface area contributed by atoms with Crippen LogP contribution in [0.5, 0.6) is 11.5 Å². The molecule has 0 unspecified atom stereocenters. The van der Waals surface area contributed by atoms with Crippen molar-refractivity contribution in [1.29, 1.82) is 0 Å². The zero-order chi connectivity index (χ0) is 17.9. The molecule has 6 heteroatoms. The Morgan fingerprint density at radius 3 is 2.58 bits per heavy atom. The number of nitrogens with one attached hydrogen (secondary N) is 2. The highest BCUT2D eigenvalue weighted by molar-refractivity contribution is 5.94. The van der Waals surface area contributed by atoms with Gasteiger partial charge in [-0.1, -0.05) is 18.2 Å². The number of hydrogen-bond donors (Lipinski definition) is 2. The fraction of sp³-hybridized carbons (Fsp3) is 0.350. The molecule has 4 rings (SSSR count). The van der Waals surface area contributed by atoms with E-state index in [-0.39, 0.29) is 18.7 Å². The minimum absolute atomic E-state index is 0.0343. The van der Waals surface area contributed by atoms with Crippen molar-refractivity contribution in [3.05, 3.63) is 48.5 Å². The molecule has 0 bridgehead atoms.